The molecule has 12 heteroatoms. The van der Waals surface area contributed by atoms with Gasteiger partial charge in [-0.1, -0.05) is 42.0 Å². The van der Waals surface area contributed by atoms with Gasteiger partial charge in [-0.2, -0.15) is 17.5 Å². The molecule has 0 aliphatic heterocycles. The number of nitrogens with zero attached hydrogens (tertiary/aromatic N) is 5. The largest absolute Gasteiger partial charge is 0.268 e. The molecule has 210 valence electrons. The molecule has 3 aromatic heterocycles. The van der Waals surface area contributed by atoms with E-state index in [1.54, 1.807) is 12.1 Å². The first-order valence-electron chi connectivity index (χ1n) is 13.0. The molecule has 0 fully saturated rings. The van der Waals surface area contributed by atoms with Gasteiger partial charge >= 0.3 is 0 Å². The van der Waals surface area contributed by atoms with E-state index in [2.05, 4.69) is 49.4 Å². The summed E-state index contributed by atoms with van der Waals surface area (Å²) in [6, 6.07) is 26.7. The third-order valence-electron chi connectivity index (χ3n) is 7.63. The fraction of sp³-hybridized carbons (Fsp3) is 0.0323. The number of fused-ring (bicyclic) bond motifs is 5. The molecule has 0 atom stereocenters. The molecular formula is C31H17Br2N5O2S3. The van der Waals surface area contributed by atoms with E-state index >= 15 is 0 Å². The fourth-order valence-electron chi connectivity index (χ4n) is 5.54. The van der Waals surface area contributed by atoms with Crippen molar-refractivity contribution in [3.8, 4) is 22.3 Å². The molecule has 0 spiro atoms. The number of hydrogen-bond acceptors (Lipinski definition) is 8. The normalized spacial score (nSPS) is 12.3. The van der Waals surface area contributed by atoms with Crippen LogP contribution in [-0.4, -0.2) is 29.9 Å². The van der Waals surface area contributed by atoms with E-state index in [-0.39, 0.29) is 4.90 Å². The highest BCUT2D eigenvalue weighted by atomic mass is 79.9. The van der Waals surface area contributed by atoms with Gasteiger partial charge in [0, 0.05) is 30.8 Å². The van der Waals surface area contributed by atoms with Gasteiger partial charge in [0.05, 0.1) is 39.4 Å². The van der Waals surface area contributed by atoms with Crippen molar-refractivity contribution in [1.82, 2.24) is 21.5 Å². The molecule has 7 nitrogen and oxygen atoms in total. The van der Waals surface area contributed by atoms with Gasteiger partial charge in [-0.05, 0) is 98.4 Å². The van der Waals surface area contributed by atoms with Crippen LogP contribution in [0.3, 0.4) is 0 Å². The van der Waals surface area contributed by atoms with Crippen LogP contribution < -0.4 is 0 Å². The zero-order valence-corrected chi connectivity index (χ0v) is 27.7. The van der Waals surface area contributed by atoms with Gasteiger partial charge in [0.1, 0.15) is 22.1 Å². The number of rotatable bonds is 4. The summed E-state index contributed by atoms with van der Waals surface area (Å²) in [6.45, 7) is 1.94. The van der Waals surface area contributed by atoms with Crippen molar-refractivity contribution < 1.29 is 8.42 Å². The average molecular weight is 748 g/mol. The predicted molar refractivity (Wildman–Crippen MR) is 181 cm³/mol. The Morgan fingerprint density at radius 3 is 1.56 bits per heavy atom. The van der Waals surface area contributed by atoms with Gasteiger partial charge < -0.3 is 0 Å². The molecule has 0 amide bonds. The molecule has 0 radical (unpaired) electrons. The molecule has 0 aliphatic carbocycles. The van der Waals surface area contributed by atoms with Gasteiger partial charge in [-0.3, -0.25) is 0 Å². The van der Waals surface area contributed by atoms with E-state index < -0.39 is 10.0 Å². The molecule has 0 bridgehead atoms. The molecule has 0 saturated heterocycles. The zero-order valence-electron chi connectivity index (χ0n) is 22.1. The molecule has 0 aliphatic rings. The van der Waals surface area contributed by atoms with Crippen LogP contribution in [0.4, 0.5) is 0 Å². The summed E-state index contributed by atoms with van der Waals surface area (Å²) in [5, 5.41) is 1.63. The van der Waals surface area contributed by atoms with Crippen molar-refractivity contribution in [2.24, 2.45) is 0 Å². The third-order valence-corrected chi connectivity index (χ3v) is 11.7. The Morgan fingerprint density at radius 2 is 1.07 bits per heavy atom. The van der Waals surface area contributed by atoms with Crippen LogP contribution >= 0.6 is 55.3 Å². The Labute approximate surface area is 270 Å². The Bertz CT molecular complexity index is 2380. The number of aromatic nitrogens is 5. The van der Waals surface area contributed by atoms with Gasteiger partial charge in [-0.15, -0.1) is 0 Å². The molecule has 8 rings (SSSR count). The summed E-state index contributed by atoms with van der Waals surface area (Å²) >= 11 is 9.48. The highest BCUT2D eigenvalue weighted by Crippen LogP contribution is 2.40. The monoisotopic (exact) mass is 745 g/mol. The molecule has 0 saturated carbocycles. The second-order valence-corrected chi connectivity index (χ2v) is 14.7. The Hall–Kier alpha value is -3.55. The molecule has 0 N–H and O–H groups in total. The zero-order chi connectivity index (χ0) is 29.5. The van der Waals surface area contributed by atoms with E-state index in [0.29, 0.717) is 11.0 Å². The van der Waals surface area contributed by atoms with Gasteiger partial charge in [0.15, 0.2) is 0 Å². The van der Waals surface area contributed by atoms with Crippen LogP contribution in [0.25, 0.3) is 66.1 Å². The summed E-state index contributed by atoms with van der Waals surface area (Å²) in [7, 11) is -3.92. The third kappa shape index (κ3) is 4.19. The summed E-state index contributed by atoms with van der Waals surface area (Å²) in [5.74, 6) is 0. The second kappa shape index (κ2) is 10.00. The maximum atomic E-state index is 14.2. The maximum Gasteiger partial charge on any atom is 0.268 e. The van der Waals surface area contributed by atoms with Crippen molar-refractivity contribution in [2.75, 3.05) is 0 Å². The number of halogens is 2. The standard InChI is InChI=1S/C31H17Br2N5O2S3/c1-16-2-6-19(7-3-16)43(39,40)38-26-12-4-17(20-8-10-24(32)30-28(20)34-41-36-30)14-22(26)23-15-18(5-13-27(23)38)21-9-11-25(33)31-29(21)35-42-37-31/h2-15H,1H3. The van der Waals surface area contributed by atoms with E-state index in [9.17, 15) is 8.42 Å². The minimum absolute atomic E-state index is 0.233. The van der Waals surface area contributed by atoms with Crippen molar-refractivity contribution >= 4 is 109 Å². The Morgan fingerprint density at radius 1 is 0.605 bits per heavy atom. The smallest absolute Gasteiger partial charge is 0.233 e. The Kier molecular flexibility index (Phi) is 6.28. The average Bonchev–Trinajstić information content (AvgIpc) is 3.76. The second-order valence-electron chi connectivity index (χ2n) is 10.2. The summed E-state index contributed by atoms with van der Waals surface area (Å²) < 4.78 is 49.7. The molecule has 8 aromatic rings. The first-order valence-corrected chi connectivity index (χ1v) is 17.5. The summed E-state index contributed by atoms with van der Waals surface area (Å²) in [5.41, 5.74) is 9.06. The van der Waals surface area contributed by atoms with Crippen molar-refractivity contribution in [3.05, 3.63) is 99.4 Å². The Balaban J connectivity index is 1.44. The van der Waals surface area contributed by atoms with E-state index in [1.165, 1.54) is 3.97 Å². The molecule has 5 aromatic carbocycles. The quantitative estimate of drug-likeness (QED) is 0.178. The highest BCUT2D eigenvalue weighted by molar-refractivity contribution is 9.11. The number of aryl methyl sites for hydroxylation is 1. The van der Waals surface area contributed by atoms with E-state index in [0.717, 1.165) is 93.1 Å². The SMILES string of the molecule is Cc1ccc(S(=O)(=O)n2c3ccc(-c4ccc(Br)c5nsnc45)cc3c3cc(-c4ccc(Br)c5nsnc45)ccc32)cc1. The topological polar surface area (TPSA) is 90.6 Å². The van der Waals surface area contributed by atoms with Crippen LogP contribution in [0.15, 0.2) is 98.8 Å². The lowest BCUT2D eigenvalue weighted by atomic mass is 9.99. The number of hydrogen-bond donors (Lipinski definition) is 0. The lowest BCUT2D eigenvalue weighted by molar-refractivity contribution is 0.590. The van der Waals surface area contributed by atoms with E-state index in [1.807, 2.05) is 79.7 Å². The number of benzene rings is 5. The molecule has 43 heavy (non-hydrogen) atoms. The first-order chi connectivity index (χ1) is 20.8. The summed E-state index contributed by atoms with van der Waals surface area (Å²) in [6.07, 6.45) is 0. The van der Waals surface area contributed by atoms with Crippen LogP contribution in [0, 0.1) is 6.92 Å². The molecular weight excluding hydrogens is 730 g/mol. The molecule has 0 unspecified atom stereocenters. The minimum Gasteiger partial charge on any atom is -0.233 e. The van der Waals surface area contributed by atoms with Crippen LogP contribution in [0.2, 0.25) is 0 Å². The van der Waals surface area contributed by atoms with Crippen LogP contribution in [-0.2, 0) is 10.0 Å². The summed E-state index contributed by atoms with van der Waals surface area (Å²) in [4.78, 5) is 0.233. The van der Waals surface area contributed by atoms with Gasteiger partial charge in [0.2, 0.25) is 0 Å². The van der Waals surface area contributed by atoms with Crippen LogP contribution in [0.5, 0.6) is 0 Å². The van der Waals surface area contributed by atoms with Crippen LogP contribution in [0.1, 0.15) is 5.56 Å². The van der Waals surface area contributed by atoms with Gasteiger partial charge in [-0.25, -0.2) is 12.4 Å². The lowest BCUT2D eigenvalue weighted by Gasteiger charge is -2.10. The van der Waals surface area contributed by atoms with Crippen molar-refractivity contribution in [2.45, 2.75) is 11.8 Å². The minimum atomic E-state index is -3.92. The first kappa shape index (κ1) is 27.0. The lowest BCUT2D eigenvalue weighted by Crippen LogP contribution is -2.12. The predicted octanol–water partition coefficient (Wildman–Crippen LogP) is 9.21. The molecule has 3 heterocycles. The van der Waals surface area contributed by atoms with Gasteiger partial charge in [0.25, 0.3) is 10.0 Å². The fourth-order valence-corrected chi connectivity index (χ4v) is 9.26. The van der Waals surface area contributed by atoms with Crippen molar-refractivity contribution in [3.63, 3.8) is 0 Å². The van der Waals surface area contributed by atoms with E-state index in [4.69, 9.17) is 0 Å². The highest BCUT2D eigenvalue weighted by Gasteiger charge is 2.25. The van der Waals surface area contributed by atoms with Crippen molar-refractivity contribution in [1.29, 1.82) is 0 Å². The maximum absolute atomic E-state index is 14.2.